The Bertz CT molecular complexity index is 816. The average molecular weight is 263 g/mol. The van der Waals surface area contributed by atoms with Gasteiger partial charge in [0.2, 0.25) is 5.89 Å². The Morgan fingerprint density at radius 1 is 0.950 bits per heavy atom. The van der Waals surface area contributed by atoms with Crippen LogP contribution in [-0.2, 0) is 0 Å². The Hall–Kier alpha value is -3.02. The van der Waals surface area contributed by atoms with E-state index in [-0.39, 0.29) is 0 Å². The lowest BCUT2D eigenvalue weighted by Gasteiger charge is -2.01. The molecule has 4 rings (SSSR count). The topological polar surface area (TPSA) is 69.6 Å². The van der Waals surface area contributed by atoms with Gasteiger partial charge in [0.1, 0.15) is 12.7 Å². The molecule has 0 spiro atoms. The van der Waals surface area contributed by atoms with Gasteiger partial charge >= 0.3 is 0 Å². The smallest absolute Gasteiger partial charge is 0.228 e. The zero-order valence-corrected chi connectivity index (χ0v) is 10.3. The molecule has 0 unspecified atom stereocenters. The summed E-state index contributed by atoms with van der Waals surface area (Å²) < 4.78 is 7.51. The fourth-order valence-electron chi connectivity index (χ4n) is 2.00. The largest absolute Gasteiger partial charge is 0.434 e. The molecule has 0 saturated carbocycles. The molecule has 0 radical (unpaired) electrons. The molecule has 0 fully saturated rings. The molecule has 96 valence electrons. The van der Waals surface area contributed by atoms with Crippen molar-refractivity contribution in [2.24, 2.45) is 0 Å². The van der Waals surface area contributed by atoms with Crippen molar-refractivity contribution in [2.75, 3.05) is 0 Å². The minimum Gasteiger partial charge on any atom is -0.434 e. The Kier molecular flexibility index (Phi) is 2.32. The molecule has 20 heavy (non-hydrogen) atoms. The van der Waals surface area contributed by atoms with Gasteiger partial charge < -0.3 is 4.42 Å². The number of hydrogen-bond acceptors (Lipinski definition) is 5. The van der Waals surface area contributed by atoms with Crippen molar-refractivity contribution >= 4 is 11.2 Å². The van der Waals surface area contributed by atoms with Gasteiger partial charge in [0.05, 0.1) is 0 Å². The molecule has 6 nitrogen and oxygen atoms in total. The van der Waals surface area contributed by atoms with Crippen molar-refractivity contribution in [1.82, 2.24) is 24.7 Å². The van der Waals surface area contributed by atoms with Crippen LogP contribution in [0.4, 0.5) is 0 Å². The maximum Gasteiger partial charge on any atom is 0.228 e. The van der Waals surface area contributed by atoms with Crippen LogP contribution in [0.1, 0.15) is 0 Å². The molecule has 0 atom stereocenters. The Morgan fingerprint density at radius 3 is 2.50 bits per heavy atom. The van der Waals surface area contributed by atoms with Crippen molar-refractivity contribution in [3.8, 4) is 17.1 Å². The van der Waals surface area contributed by atoms with E-state index in [1.165, 1.54) is 0 Å². The first kappa shape index (κ1) is 10.9. The summed E-state index contributed by atoms with van der Waals surface area (Å²) in [6, 6.07) is 11.5. The summed E-state index contributed by atoms with van der Waals surface area (Å²) in [6.07, 6.45) is 5.00. The lowest BCUT2D eigenvalue weighted by Crippen LogP contribution is -1.89. The molecule has 0 aliphatic carbocycles. The van der Waals surface area contributed by atoms with Gasteiger partial charge in [-0.25, -0.2) is 4.98 Å². The SMILES string of the molecule is c1cnc2nc(-c3ccc(-n4cnnc4)cc3)oc2c1. The maximum atomic E-state index is 5.68. The van der Waals surface area contributed by atoms with Gasteiger partial charge in [-0.05, 0) is 36.4 Å². The number of oxazole rings is 1. The van der Waals surface area contributed by atoms with Crippen LogP contribution in [0.2, 0.25) is 0 Å². The fraction of sp³-hybridized carbons (Fsp3) is 0. The summed E-state index contributed by atoms with van der Waals surface area (Å²) >= 11 is 0. The minimum absolute atomic E-state index is 0.564. The van der Waals surface area contributed by atoms with Crippen molar-refractivity contribution < 1.29 is 4.42 Å². The molecule has 0 saturated heterocycles. The van der Waals surface area contributed by atoms with E-state index >= 15 is 0 Å². The van der Waals surface area contributed by atoms with Crippen molar-refractivity contribution in [3.63, 3.8) is 0 Å². The monoisotopic (exact) mass is 263 g/mol. The molecule has 0 bridgehead atoms. The molecule has 6 heteroatoms. The van der Waals surface area contributed by atoms with Crippen molar-refractivity contribution in [1.29, 1.82) is 0 Å². The highest BCUT2D eigenvalue weighted by Crippen LogP contribution is 2.23. The first-order valence-electron chi connectivity index (χ1n) is 6.07. The van der Waals surface area contributed by atoms with Crippen LogP contribution in [0, 0.1) is 0 Å². The molecule has 0 N–H and O–H groups in total. The lowest BCUT2D eigenvalue weighted by molar-refractivity contribution is 0.619. The number of rotatable bonds is 2. The summed E-state index contributed by atoms with van der Waals surface area (Å²) in [7, 11) is 0. The second-order valence-electron chi connectivity index (χ2n) is 4.26. The van der Waals surface area contributed by atoms with Crippen LogP contribution in [0.3, 0.4) is 0 Å². The first-order chi connectivity index (χ1) is 9.90. The van der Waals surface area contributed by atoms with Crippen molar-refractivity contribution in [2.45, 2.75) is 0 Å². The van der Waals surface area contributed by atoms with Gasteiger partial charge in [0.15, 0.2) is 11.2 Å². The zero-order valence-electron chi connectivity index (χ0n) is 10.3. The van der Waals surface area contributed by atoms with E-state index in [2.05, 4.69) is 20.2 Å². The number of fused-ring (bicyclic) bond motifs is 1. The highest BCUT2D eigenvalue weighted by molar-refractivity contribution is 5.72. The second kappa shape index (κ2) is 4.27. The minimum atomic E-state index is 0.564. The predicted octanol–water partition coefficient (Wildman–Crippen LogP) is 2.47. The molecule has 1 aromatic carbocycles. The van der Waals surface area contributed by atoms with Crippen LogP contribution in [0.15, 0.2) is 59.7 Å². The highest BCUT2D eigenvalue weighted by atomic mass is 16.3. The first-order valence-corrected chi connectivity index (χ1v) is 6.07. The van der Waals surface area contributed by atoms with Gasteiger partial charge in [-0.3, -0.25) is 4.57 Å². The Balaban J connectivity index is 1.75. The number of hydrogen-bond donors (Lipinski definition) is 0. The second-order valence-corrected chi connectivity index (χ2v) is 4.26. The number of nitrogens with zero attached hydrogens (tertiary/aromatic N) is 5. The molecule has 0 aliphatic heterocycles. The predicted molar refractivity (Wildman–Crippen MR) is 72.2 cm³/mol. The van der Waals surface area contributed by atoms with Crippen LogP contribution in [0.25, 0.3) is 28.4 Å². The van der Waals surface area contributed by atoms with Gasteiger partial charge in [-0.15, -0.1) is 10.2 Å². The number of benzene rings is 1. The quantitative estimate of drug-likeness (QED) is 0.555. The molecular formula is C14H9N5O. The molecule has 4 aromatic rings. The molecular weight excluding hydrogens is 254 g/mol. The third kappa shape index (κ3) is 1.74. The maximum absolute atomic E-state index is 5.68. The molecule has 3 aromatic heterocycles. The summed E-state index contributed by atoms with van der Waals surface area (Å²) in [5, 5.41) is 7.56. The van der Waals surface area contributed by atoms with Crippen LogP contribution >= 0.6 is 0 Å². The van der Waals surface area contributed by atoms with Crippen LogP contribution in [0.5, 0.6) is 0 Å². The highest BCUT2D eigenvalue weighted by Gasteiger charge is 2.08. The van der Waals surface area contributed by atoms with E-state index in [4.69, 9.17) is 4.42 Å². The third-order valence-corrected chi connectivity index (χ3v) is 3.00. The molecule has 3 heterocycles. The summed E-state index contributed by atoms with van der Waals surface area (Å²) in [5.74, 6) is 0.564. The standard InChI is InChI=1S/C14H9N5O/c1-2-12-13(15-7-1)18-14(20-12)10-3-5-11(6-4-10)19-8-16-17-9-19/h1-9H. The van der Waals surface area contributed by atoms with Gasteiger partial charge in [-0.2, -0.15) is 4.98 Å². The summed E-state index contributed by atoms with van der Waals surface area (Å²) in [4.78, 5) is 8.53. The van der Waals surface area contributed by atoms with E-state index in [9.17, 15) is 0 Å². The zero-order chi connectivity index (χ0) is 13.4. The Labute approximate surface area is 113 Å². The summed E-state index contributed by atoms with van der Waals surface area (Å²) in [5.41, 5.74) is 3.18. The third-order valence-electron chi connectivity index (χ3n) is 3.00. The molecule has 0 amide bonds. The number of pyridine rings is 1. The lowest BCUT2D eigenvalue weighted by atomic mass is 10.2. The molecule has 0 aliphatic rings. The van der Waals surface area contributed by atoms with E-state index < -0.39 is 0 Å². The van der Waals surface area contributed by atoms with E-state index in [0.29, 0.717) is 17.1 Å². The van der Waals surface area contributed by atoms with E-state index in [1.54, 1.807) is 18.9 Å². The van der Waals surface area contributed by atoms with E-state index in [1.807, 2.05) is 41.0 Å². The number of aromatic nitrogens is 5. The fourth-order valence-corrected chi connectivity index (χ4v) is 2.00. The van der Waals surface area contributed by atoms with Gasteiger partial charge in [0.25, 0.3) is 0 Å². The van der Waals surface area contributed by atoms with Gasteiger partial charge in [-0.1, -0.05) is 0 Å². The normalized spacial score (nSPS) is 11.0. The van der Waals surface area contributed by atoms with Crippen LogP contribution in [-0.4, -0.2) is 24.7 Å². The Morgan fingerprint density at radius 2 is 1.75 bits per heavy atom. The average Bonchev–Trinajstić information content (AvgIpc) is 3.17. The summed E-state index contributed by atoms with van der Waals surface area (Å²) in [6.45, 7) is 0. The van der Waals surface area contributed by atoms with E-state index in [0.717, 1.165) is 11.3 Å². The van der Waals surface area contributed by atoms with Crippen molar-refractivity contribution in [3.05, 3.63) is 55.2 Å². The van der Waals surface area contributed by atoms with Crippen LogP contribution < -0.4 is 0 Å². The van der Waals surface area contributed by atoms with Gasteiger partial charge in [0, 0.05) is 17.4 Å².